The number of rotatable bonds is 6. The third-order valence-electron chi connectivity index (χ3n) is 3.24. The summed E-state index contributed by atoms with van der Waals surface area (Å²) in [6, 6.07) is 4.14. The van der Waals surface area contributed by atoms with Crippen molar-refractivity contribution in [3.63, 3.8) is 0 Å². The molecular formula is C13H18N2O3. The minimum absolute atomic E-state index is 0.121. The SMILES string of the molecule is CC(CCNC(=O)c1cccn1C1CC1)C(=O)O. The number of carboxylic acid groups (broad SMARTS) is 1. The molecule has 2 N–H and O–H groups in total. The van der Waals surface area contributed by atoms with E-state index in [0.29, 0.717) is 24.7 Å². The maximum atomic E-state index is 11.9. The lowest BCUT2D eigenvalue weighted by molar-refractivity contribution is -0.141. The maximum absolute atomic E-state index is 11.9. The van der Waals surface area contributed by atoms with Crippen molar-refractivity contribution in [1.29, 1.82) is 0 Å². The highest BCUT2D eigenvalue weighted by atomic mass is 16.4. The minimum Gasteiger partial charge on any atom is -0.481 e. The molecule has 0 bridgehead atoms. The molecule has 2 rings (SSSR count). The monoisotopic (exact) mass is 250 g/mol. The lowest BCUT2D eigenvalue weighted by Crippen LogP contribution is -2.28. The van der Waals surface area contributed by atoms with Gasteiger partial charge in [0.05, 0.1) is 5.92 Å². The van der Waals surface area contributed by atoms with Crippen molar-refractivity contribution in [2.45, 2.75) is 32.2 Å². The van der Waals surface area contributed by atoms with E-state index in [9.17, 15) is 9.59 Å². The summed E-state index contributed by atoms with van der Waals surface area (Å²) in [6.45, 7) is 2.03. The molecule has 1 aromatic rings. The fraction of sp³-hybridized carbons (Fsp3) is 0.538. The van der Waals surface area contributed by atoms with Crippen LogP contribution in [0.5, 0.6) is 0 Å². The summed E-state index contributed by atoms with van der Waals surface area (Å²) in [4.78, 5) is 22.6. The van der Waals surface area contributed by atoms with Crippen LogP contribution in [-0.4, -0.2) is 28.1 Å². The molecule has 5 nitrogen and oxygen atoms in total. The first-order valence-electron chi connectivity index (χ1n) is 6.27. The van der Waals surface area contributed by atoms with Crippen molar-refractivity contribution >= 4 is 11.9 Å². The topological polar surface area (TPSA) is 71.3 Å². The van der Waals surface area contributed by atoms with Crippen molar-refractivity contribution in [1.82, 2.24) is 9.88 Å². The van der Waals surface area contributed by atoms with E-state index in [4.69, 9.17) is 5.11 Å². The molecule has 5 heteroatoms. The number of hydrogen-bond acceptors (Lipinski definition) is 2. The van der Waals surface area contributed by atoms with Crippen LogP contribution in [0, 0.1) is 5.92 Å². The van der Waals surface area contributed by atoms with E-state index >= 15 is 0 Å². The number of carbonyl (C=O) groups excluding carboxylic acids is 1. The summed E-state index contributed by atoms with van der Waals surface area (Å²) in [5.74, 6) is -1.38. The zero-order chi connectivity index (χ0) is 13.1. The van der Waals surface area contributed by atoms with Crippen molar-refractivity contribution < 1.29 is 14.7 Å². The van der Waals surface area contributed by atoms with Crippen LogP contribution in [0.1, 0.15) is 42.7 Å². The molecule has 0 radical (unpaired) electrons. The third-order valence-corrected chi connectivity index (χ3v) is 3.24. The largest absolute Gasteiger partial charge is 0.481 e. The van der Waals surface area contributed by atoms with Gasteiger partial charge in [-0.2, -0.15) is 0 Å². The van der Waals surface area contributed by atoms with Gasteiger partial charge in [-0.1, -0.05) is 6.92 Å². The van der Waals surface area contributed by atoms with E-state index in [1.54, 1.807) is 13.0 Å². The Bertz CT molecular complexity index is 449. The Hall–Kier alpha value is -1.78. The van der Waals surface area contributed by atoms with E-state index in [0.717, 1.165) is 12.8 Å². The predicted octanol–water partition coefficient (Wildman–Crippen LogP) is 1.66. The molecule has 0 aliphatic heterocycles. The highest BCUT2D eigenvalue weighted by Gasteiger charge is 2.26. The molecule has 1 heterocycles. The molecule has 0 aromatic carbocycles. The van der Waals surface area contributed by atoms with Gasteiger partial charge in [0.2, 0.25) is 0 Å². The van der Waals surface area contributed by atoms with Gasteiger partial charge in [-0.25, -0.2) is 0 Å². The summed E-state index contributed by atoms with van der Waals surface area (Å²) in [5, 5.41) is 11.5. The second-order valence-electron chi connectivity index (χ2n) is 4.82. The second-order valence-corrected chi connectivity index (χ2v) is 4.82. The number of nitrogens with one attached hydrogen (secondary N) is 1. The zero-order valence-electron chi connectivity index (χ0n) is 10.4. The summed E-state index contributed by atoms with van der Waals surface area (Å²) < 4.78 is 2.00. The van der Waals surface area contributed by atoms with Gasteiger partial charge in [0, 0.05) is 18.8 Å². The summed E-state index contributed by atoms with van der Waals surface area (Å²) in [6.07, 6.45) is 4.63. The smallest absolute Gasteiger partial charge is 0.306 e. The van der Waals surface area contributed by atoms with E-state index in [-0.39, 0.29) is 5.91 Å². The summed E-state index contributed by atoms with van der Waals surface area (Å²) >= 11 is 0. The van der Waals surface area contributed by atoms with Crippen LogP contribution < -0.4 is 5.32 Å². The molecule has 98 valence electrons. The Kier molecular flexibility index (Phi) is 3.69. The van der Waals surface area contributed by atoms with Gasteiger partial charge in [0.25, 0.3) is 5.91 Å². The van der Waals surface area contributed by atoms with E-state index < -0.39 is 11.9 Å². The number of aromatic nitrogens is 1. The number of carbonyl (C=O) groups is 2. The molecule has 1 fully saturated rings. The Morgan fingerprint density at radius 1 is 1.56 bits per heavy atom. The molecular weight excluding hydrogens is 232 g/mol. The van der Waals surface area contributed by atoms with Gasteiger partial charge in [-0.3, -0.25) is 9.59 Å². The Labute approximate surface area is 106 Å². The molecule has 1 amide bonds. The number of amides is 1. The van der Waals surface area contributed by atoms with E-state index in [2.05, 4.69) is 5.32 Å². The minimum atomic E-state index is -0.828. The van der Waals surface area contributed by atoms with Crippen molar-refractivity contribution in [2.24, 2.45) is 5.92 Å². The quantitative estimate of drug-likeness (QED) is 0.806. The number of aliphatic carboxylic acids is 1. The lowest BCUT2D eigenvalue weighted by atomic mass is 10.1. The van der Waals surface area contributed by atoms with Crippen LogP contribution in [0.2, 0.25) is 0 Å². The highest BCUT2D eigenvalue weighted by molar-refractivity contribution is 5.92. The van der Waals surface area contributed by atoms with Crippen molar-refractivity contribution in [2.75, 3.05) is 6.54 Å². The number of nitrogens with zero attached hydrogens (tertiary/aromatic N) is 1. The van der Waals surface area contributed by atoms with Gasteiger partial charge in [-0.05, 0) is 31.4 Å². The third kappa shape index (κ3) is 2.91. The van der Waals surface area contributed by atoms with Crippen molar-refractivity contribution in [3.8, 4) is 0 Å². The van der Waals surface area contributed by atoms with Crippen LogP contribution in [0.3, 0.4) is 0 Å². The normalized spacial score (nSPS) is 16.3. The van der Waals surface area contributed by atoms with E-state index in [1.165, 1.54) is 0 Å². The molecule has 1 aliphatic carbocycles. The van der Waals surface area contributed by atoms with Crippen LogP contribution in [0.25, 0.3) is 0 Å². The van der Waals surface area contributed by atoms with Crippen molar-refractivity contribution in [3.05, 3.63) is 24.0 Å². The Morgan fingerprint density at radius 2 is 2.28 bits per heavy atom. The van der Waals surface area contributed by atoms with Gasteiger partial charge >= 0.3 is 5.97 Å². The molecule has 1 saturated carbocycles. The highest BCUT2D eigenvalue weighted by Crippen LogP contribution is 2.35. The zero-order valence-corrected chi connectivity index (χ0v) is 10.4. The van der Waals surface area contributed by atoms with Gasteiger partial charge < -0.3 is 15.0 Å². The first kappa shape index (κ1) is 12.7. The molecule has 1 unspecified atom stereocenters. The maximum Gasteiger partial charge on any atom is 0.306 e. The molecule has 1 atom stereocenters. The Morgan fingerprint density at radius 3 is 2.89 bits per heavy atom. The molecule has 1 aliphatic rings. The first-order valence-corrected chi connectivity index (χ1v) is 6.27. The standard InChI is InChI=1S/C13H18N2O3/c1-9(13(17)18)6-7-14-12(16)11-3-2-8-15(11)10-4-5-10/h2-3,8-10H,4-7H2,1H3,(H,14,16)(H,17,18). The lowest BCUT2D eigenvalue weighted by Gasteiger charge is -2.10. The summed E-state index contributed by atoms with van der Waals surface area (Å²) in [5.41, 5.74) is 0.667. The average Bonchev–Trinajstić information content (AvgIpc) is 3.06. The van der Waals surface area contributed by atoms with Crippen LogP contribution in [0.4, 0.5) is 0 Å². The van der Waals surface area contributed by atoms with Gasteiger partial charge in [0.15, 0.2) is 0 Å². The summed E-state index contributed by atoms with van der Waals surface area (Å²) in [7, 11) is 0. The molecule has 1 aromatic heterocycles. The van der Waals surface area contributed by atoms with E-state index in [1.807, 2.05) is 16.8 Å². The second kappa shape index (κ2) is 5.25. The first-order chi connectivity index (χ1) is 8.59. The van der Waals surface area contributed by atoms with Crippen LogP contribution in [-0.2, 0) is 4.79 Å². The van der Waals surface area contributed by atoms with Crippen LogP contribution >= 0.6 is 0 Å². The Balaban J connectivity index is 1.84. The number of hydrogen-bond donors (Lipinski definition) is 2. The predicted molar refractivity (Wildman–Crippen MR) is 66.5 cm³/mol. The molecule has 0 saturated heterocycles. The van der Waals surface area contributed by atoms with Crippen LogP contribution in [0.15, 0.2) is 18.3 Å². The fourth-order valence-corrected chi connectivity index (χ4v) is 1.87. The average molecular weight is 250 g/mol. The molecule has 18 heavy (non-hydrogen) atoms. The molecule has 0 spiro atoms. The van der Waals surface area contributed by atoms with Gasteiger partial charge in [-0.15, -0.1) is 0 Å². The number of carboxylic acids is 1. The fourth-order valence-electron chi connectivity index (χ4n) is 1.87. The van der Waals surface area contributed by atoms with Gasteiger partial charge in [0.1, 0.15) is 5.69 Å².